The van der Waals surface area contributed by atoms with Crippen LogP contribution < -0.4 is 10.5 Å². The quantitative estimate of drug-likeness (QED) is 0.920. The number of ether oxygens (including phenoxy) is 1. The Labute approximate surface area is 118 Å². The molecule has 5 heteroatoms. The summed E-state index contributed by atoms with van der Waals surface area (Å²) in [5.41, 5.74) is 9.77. The first-order chi connectivity index (χ1) is 9.60. The molecule has 1 unspecified atom stereocenters. The summed E-state index contributed by atoms with van der Waals surface area (Å²) < 4.78 is 7.06. The van der Waals surface area contributed by atoms with Crippen LogP contribution in [0.5, 0.6) is 5.75 Å². The number of methoxy groups -OCH3 is 1. The summed E-state index contributed by atoms with van der Waals surface area (Å²) in [6.45, 7) is 0. The van der Waals surface area contributed by atoms with Gasteiger partial charge in [-0.3, -0.25) is 4.68 Å². The molecule has 5 nitrogen and oxygen atoms in total. The summed E-state index contributed by atoms with van der Waals surface area (Å²) in [5, 5.41) is 8.16. The Morgan fingerprint density at radius 1 is 1.45 bits per heavy atom. The molecule has 0 aliphatic heterocycles. The number of aromatic nitrogens is 3. The van der Waals surface area contributed by atoms with Gasteiger partial charge in [0, 0.05) is 25.2 Å². The highest BCUT2D eigenvalue weighted by molar-refractivity contribution is 5.42. The Kier molecular flexibility index (Phi) is 3.22. The second kappa shape index (κ2) is 4.90. The lowest BCUT2D eigenvalue weighted by atomic mass is 9.74. The maximum absolute atomic E-state index is 6.70. The van der Waals surface area contributed by atoms with Crippen LogP contribution in [0.1, 0.15) is 29.7 Å². The van der Waals surface area contributed by atoms with Gasteiger partial charge in [0.25, 0.3) is 0 Å². The van der Waals surface area contributed by atoms with E-state index in [1.54, 1.807) is 11.8 Å². The Morgan fingerprint density at radius 2 is 2.30 bits per heavy atom. The number of hydrogen-bond acceptors (Lipinski definition) is 4. The van der Waals surface area contributed by atoms with Gasteiger partial charge in [-0.1, -0.05) is 11.3 Å². The fourth-order valence-electron chi connectivity index (χ4n) is 3.08. The Hall–Kier alpha value is -1.88. The van der Waals surface area contributed by atoms with E-state index < -0.39 is 0 Å². The Balaban J connectivity index is 1.98. The molecule has 3 rings (SSSR count). The van der Waals surface area contributed by atoms with E-state index in [0.717, 1.165) is 30.7 Å². The van der Waals surface area contributed by atoms with Crippen molar-refractivity contribution < 1.29 is 4.74 Å². The van der Waals surface area contributed by atoms with E-state index in [1.807, 2.05) is 19.3 Å². The van der Waals surface area contributed by atoms with Crippen LogP contribution in [-0.4, -0.2) is 22.1 Å². The molecule has 20 heavy (non-hydrogen) atoms. The van der Waals surface area contributed by atoms with Crippen molar-refractivity contribution in [3.63, 3.8) is 0 Å². The van der Waals surface area contributed by atoms with Gasteiger partial charge in [-0.15, -0.1) is 5.10 Å². The van der Waals surface area contributed by atoms with Crippen LogP contribution in [0.15, 0.2) is 24.4 Å². The summed E-state index contributed by atoms with van der Waals surface area (Å²) in [7, 11) is 3.56. The molecule has 1 aromatic heterocycles. The molecule has 1 heterocycles. The summed E-state index contributed by atoms with van der Waals surface area (Å²) in [6.07, 6.45) is 5.79. The van der Waals surface area contributed by atoms with E-state index in [-0.39, 0.29) is 5.54 Å². The third-order valence-corrected chi connectivity index (χ3v) is 4.07. The molecule has 2 aromatic rings. The second-order valence-electron chi connectivity index (χ2n) is 5.59. The first kappa shape index (κ1) is 13.1. The fraction of sp³-hybridized carbons (Fsp3) is 0.467. The predicted molar refractivity (Wildman–Crippen MR) is 76.5 cm³/mol. The summed E-state index contributed by atoms with van der Waals surface area (Å²) in [4.78, 5) is 0. The van der Waals surface area contributed by atoms with Crippen molar-refractivity contribution in [2.45, 2.75) is 31.2 Å². The molecule has 0 bridgehead atoms. The average Bonchev–Trinajstić information content (AvgIpc) is 2.84. The number of nitrogens with zero attached hydrogens (tertiary/aromatic N) is 3. The number of rotatable bonds is 3. The van der Waals surface area contributed by atoms with Crippen molar-refractivity contribution in [2.24, 2.45) is 12.8 Å². The zero-order chi connectivity index (χ0) is 14.2. The monoisotopic (exact) mass is 272 g/mol. The molecule has 0 amide bonds. The fourth-order valence-corrected chi connectivity index (χ4v) is 3.08. The maximum atomic E-state index is 6.70. The van der Waals surface area contributed by atoms with Gasteiger partial charge in [-0.2, -0.15) is 0 Å². The van der Waals surface area contributed by atoms with Crippen molar-refractivity contribution in [1.82, 2.24) is 15.0 Å². The summed E-state index contributed by atoms with van der Waals surface area (Å²) >= 11 is 0. The topological polar surface area (TPSA) is 66.0 Å². The highest BCUT2D eigenvalue weighted by Crippen LogP contribution is 2.37. The number of nitrogens with two attached hydrogens (primary N) is 1. The minimum atomic E-state index is -0.377. The van der Waals surface area contributed by atoms with Crippen LogP contribution in [0, 0.1) is 0 Å². The van der Waals surface area contributed by atoms with Crippen molar-refractivity contribution in [1.29, 1.82) is 0 Å². The molecular formula is C15H20N4O. The first-order valence-electron chi connectivity index (χ1n) is 6.92. The molecule has 0 fully saturated rings. The summed E-state index contributed by atoms with van der Waals surface area (Å²) in [5.74, 6) is 0.861. The zero-order valence-corrected chi connectivity index (χ0v) is 12.0. The van der Waals surface area contributed by atoms with Gasteiger partial charge in [-0.25, -0.2) is 0 Å². The lowest BCUT2D eigenvalue weighted by Crippen LogP contribution is -2.42. The van der Waals surface area contributed by atoms with Crippen molar-refractivity contribution in [3.05, 3.63) is 41.2 Å². The van der Waals surface area contributed by atoms with Gasteiger partial charge in [0.15, 0.2) is 0 Å². The molecule has 106 valence electrons. The molecule has 1 atom stereocenters. The lowest BCUT2D eigenvalue weighted by Gasteiger charge is -2.35. The number of aryl methyl sites for hydroxylation is 2. The molecule has 0 saturated carbocycles. The highest BCUT2D eigenvalue weighted by Gasteiger charge is 2.34. The van der Waals surface area contributed by atoms with E-state index in [0.29, 0.717) is 6.42 Å². The molecule has 0 saturated heterocycles. The summed E-state index contributed by atoms with van der Waals surface area (Å²) in [6, 6.07) is 6.21. The zero-order valence-electron chi connectivity index (χ0n) is 12.0. The third-order valence-electron chi connectivity index (χ3n) is 4.07. The molecular weight excluding hydrogens is 252 g/mol. The van der Waals surface area contributed by atoms with Crippen LogP contribution in [0.3, 0.4) is 0 Å². The normalized spacial score (nSPS) is 21.6. The first-order valence-corrected chi connectivity index (χ1v) is 6.92. The van der Waals surface area contributed by atoms with Gasteiger partial charge in [0.05, 0.1) is 12.8 Å². The lowest BCUT2D eigenvalue weighted by molar-refractivity contribution is 0.360. The van der Waals surface area contributed by atoms with E-state index in [1.165, 1.54) is 11.1 Å². The standard InChI is InChI=1S/C15H20N4O/c1-19-10-12(17-18-19)9-15(16)7-3-4-11-5-6-13(20-2)8-14(11)15/h5-6,8,10H,3-4,7,9,16H2,1-2H3. The third kappa shape index (κ3) is 2.29. The molecule has 1 aromatic carbocycles. The minimum absolute atomic E-state index is 0.377. The van der Waals surface area contributed by atoms with Gasteiger partial charge >= 0.3 is 0 Å². The molecule has 1 aliphatic carbocycles. The molecule has 0 spiro atoms. The number of benzene rings is 1. The van der Waals surface area contributed by atoms with Gasteiger partial charge in [-0.05, 0) is 42.5 Å². The average molecular weight is 272 g/mol. The van der Waals surface area contributed by atoms with Crippen LogP contribution in [0.2, 0.25) is 0 Å². The van der Waals surface area contributed by atoms with Gasteiger partial charge in [0.2, 0.25) is 0 Å². The Bertz CT molecular complexity index is 622. The van der Waals surface area contributed by atoms with E-state index in [9.17, 15) is 0 Å². The van der Waals surface area contributed by atoms with Crippen LogP contribution in [-0.2, 0) is 25.4 Å². The van der Waals surface area contributed by atoms with Crippen molar-refractivity contribution >= 4 is 0 Å². The predicted octanol–water partition coefficient (Wildman–Crippen LogP) is 1.56. The van der Waals surface area contributed by atoms with Crippen LogP contribution in [0.25, 0.3) is 0 Å². The minimum Gasteiger partial charge on any atom is -0.497 e. The second-order valence-corrected chi connectivity index (χ2v) is 5.59. The molecule has 2 N–H and O–H groups in total. The van der Waals surface area contributed by atoms with E-state index >= 15 is 0 Å². The van der Waals surface area contributed by atoms with Gasteiger partial charge in [0.1, 0.15) is 5.75 Å². The van der Waals surface area contributed by atoms with Crippen LogP contribution in [0.4, 0.5) is 0 Å². The number of hydrogen-bond donors (Lipinski definition) is 1. The van der Waals surface area contributed by atoms with Crippen molar-refractivity contribution in [3.8, 4) is 5.75 Å². The maximum Gasteiger partial charge on any atom is 0.119 e. The van der Waals surface area contributed by atoms with E-state index in [2.05, 4.69) is 22.4 Å². The number of fused-ring (bicyclic) bond motifs is 1. The van der Waals surface area contributed by atoms with E-state index in [4.69, 9.17) is 10.5 Å². The Morgan fingerprint density at radius 3 is 3.00 bits per heavy atom. The van der Waals surface area contributed by atoms with Crippen LogP contribution >= 0.6 is 0 Å². The largest absolute Gasteiger partial charge is 0.497 e. The SMILES string of the molecule is COc1ccc2c(c1)C(N)(Cc1cn(C)nn1)CCC2. The van der Waals surface area contributed by atoms with Gasteiger partial charge < -0.3 is 10.5 Å². The molecule has 1 aliphatic rings. The molecule has 0 radical (unpaired) electrons. The smallest absolute Gasteiger partial charge is 0.119 e. The van der Waals surface area contributed by atoms with Crippen molar-refractivity contribution in [2.75, 3.05) is 7.11 Å². The highest BCUT2D eigenvalue weighted by atomic mass is 16.5.